The molecule has 2 aliphatic rings. The molecule has 1 aromatic heterocycles. The largest absolute Gasteiger partial charge is 0.338 e. The first-order valence-corrected chi connectivity index (χ1v) is 7.77. The van der Waals surface area contributed by atoms with Crippen molar-refractivity contribution < 1.29 is 0 Å². The molecule has 0 spiro atoms. The molecule has 1 saturated carbocycles. The van der Waals surface area contributed by atoms with E-state index in [9.17, 15) is 0 Å². The van der Waals surface area contributed by atoms with E-state index in [0.717, 1.165) is 13.0 Å². The third-order valence-electron chi connectivity index (χ3n) is 4.87. The molecule has 1 aromatic carbocycles. The highest BCUT2D eigenvalue weighted by molar-refractivity contribution is 5.57. The molecule has 1 aliphatic heterocycles. The topological polar surface area (TPSA) is 21.1 Å². The smallest absolute Gasteiger partial charge is 0.0797 e. The third kappa shape index (κ3) is 2.08. The third-order valence-corrected chi connectivity index (χ3v) is 4.87. The van der Waals surface area contributed by atoms with Gasteiger partial charge in [-0.2, -0.15) is 5.10 Å². The molecule has 1 fully saturated rings. The lowest BCUT2D eigenvalue weighted by Crippen LogP contribution is -2.31. The SMILES string of the molecule is Cc1cccc2c1CC(=C1CCC1)N(c1cnn(C)c1)C2. The van der Waals surface area contributed by atoms with Crippen LogP contribution in [0.5, 0.6) is 0 Å². The van der Waals surface area contributed by atoms with Gasteiger partial charge in [-0.15, -0.1) is 0 Å². The molecule has 3 heteroatoms. The summed E-state index contributed by atoms with van der Waals surface area (Å²) in [5.41, 5.74) is 8.81. The molecule has 2 heterocycles. The lowest BCUT2D eigenvalue weighted by atomic mass is 9.84. The van der Waals surface area contributed by atoms with Crippen LogP contribution in [0, 0.1) is 6.92 Å². The zero-order valence-corrected chi connectivity index (χ0v) is 12.8. The fourth-order valence-corrected chi connectivity index (χ4v) is 3.45. The van der Waals surface area contributed by atoms with Crippen LogP contribution in [0.4, 0.5) is 5.69 Å². The molecule has 0 bridgehead atoms. The molecule has 21 heavy (non-hydrogen) atoms. The van der Waals surface area contributed by atoms with E-state index < -0.39 is 0 Å². The minimum absolute atomic E-state index is 0.974. The van der Waals surface area contributed by atoms with Gasteiger partial charge in [0, 0.05) is 31.9 Å². The highest BCUT2D eigenvalue weighted by Crippen LogP contribution is 2.38. The van der Waals surface area contributed by atoms with Crippen molar-refractivity contribution in [2.24, 2.45) is 7.05 Å². The summed E-state index contributed by atoms with van der Waals surface area (Å²) in [6, 6.07) is 6.69. The summed E-state index contributed by atoms with van der Waals surface area (Å²) in [5, 5.41) is 4.36. The van der Waals surface area contributed by atoms with Gasteiger partial charge in [0.25, 0.3) is 0 Å². The number of aromatic nitrogens is 2. The Hall–Kier alpha value is -2.03. The molecule has 0 N–H and O–H groups in total. The number of fused-ring (bicyclic) bond motifs is 1. The summed E-state index contributed by atoms with van der Waals surface area (Å²) in [7, 11) is 1.99. The monoisotopic (exact) mass is 279 g/mol. The van der Waals surface area contributed by atoms with Gasteiger partial charge in [-0.25, -0.2) is 0 Å². The normalized spacial score (nSPS) is 17.7. The fraction of sp³-hybridized carbons (Fsp3) is 0.389. The van der Waals surface area contributed by atoms with Gasteiger partial charge in [0.15, 0.2) is 0 Å². The number of anilines is 1. The second-order valence-electron chi connectivity index (χ2n) is 6.25. The maximum Gasteiger partial charge on any atom is 0.0797 e. The number of hydrogen-bond donors (Lipinski definition) is 0. The molecule has 0 unspecified atom stereocenters. The summed E-state index contributed by atoms with van der Waals surface area (Å²) in [4.78, 5) is 2.48. The number of nitrogens with zero attached hydrogens (tertiary/aromatic N) is 3. The van der Waals surface area contributed by atoms with Gasteiger partial charge in [-0.3, -0.25) is 4.68 Å². The molecule has 0 radical (unpaired) electrons. The van der Waals surface area contributed by atoms with E-state index in [2.05, 4.69) is 41.3 Å². The maximum absolute atomic E-state index is 4.36. The first kappa shape index (κ1) is 12.7. The van der Waals surface area contributed by atoms with Gasteiger partial charge in [-0.05, 0) is 42.9 Å². The van der Waals surface area contributed by atoms with Crippen molar-refractivity contribution in [3.8, 4) is 0 Å². The first-order valence-electron chi connectivity index (χ1n) is 7.77. The second kappa shape index (κ2) is 4.76. The van der Waals surface area contributed by atoms with E-state index in [1.165, 1.54) is 47.3 Å². The number of allylic oxidation sites excluding steroid dienone is 2. The average molecular weight is 279 g/mol. The highest BCUT2D eigenvalue weighted by atomic mass is 15.3. The molecule has 108 valence electrons. The number of rotatable bonds is 1. The Bertz CT molecular complexity index is 718. The molecule has 0 atom stereocenters. The number of aryl methyl sites for hydroxylation is 2. The molecule has 0 saturated heterocycles. The van der Waals surface area contributed by atoms with E-state index in [-0.39, 0.29) is 0 Å². The van der Waals surface area contributed by atoms with Crippen LogP contribution in [-0.4, -0.2) is 9.78 Å². The Morgan fingerprint density at radius 3 is 2.71 bits per heavy atom. The lowest BCUT2D eigenvalue weighted by Gasteiger charge is -2.37. The standard InChI is InChI=1S/C18H21N3/c1-13-5-3-8-15-11-21(16-10-19-20(2)12-16)18(9-17(13)15)14-6-4-7-14/h3,5,8,10,12H,4,6-7,9,11H2,1-2H3. The van der Waals surface area contributed by atoms with Crippen LogP contribution in [0.2, 0.25) is 0 Å². The molecular weight excluding hydrogens is 258 g/mol. The van der Waals surface area contributed by atoms with Gasteiger partial charge < -0.3 is 4.90 Å². The van der Waals surface area contributed by atoms with Gasteiger partial charge in [-0.1, -0.05) is 23.8 Å². The number of benzene rings is 1. The Morgan fingerprint density at radius 2 is 2.05 bits per heavy atom. The van der Waals surface area contributed by atoms with Crippen molar-refractivity contribution in [3.05, 3.63) is 58.6 Å². The zero-order chi connectivity index (χ0) is 14.4. The molecule has 1 aliphatic carbocycles. The summed E-state index contributed by atoms with van der Waals surface area (Å²) < 4.78 is 1.89. The lowest BCUT2D eigenvalue weighted by molar-refractivity contribution is 0.627. The van der Waals surface area contributed by atoms with E-state index in [0.29, 0.717) is 0 Å². The predicted octanol–water partition coefficient (Wildman–Crippen LogP) is 3.73. The van der Waals surface area contributed by atoms with Crippen molar-refractivity contribution in [2.45, 2.75) is 39.2 Å². The Labute approximate surface area is 125 Å². The molecule has 0 amide bonds. The van der Waals surface area contributed by atoms with Gasteiger partial charge >= 0.3 is 0 Å². The van der Waals surface area contributed by atoms with Crippen molar-refractivity contribution in [2.75, 3.05) is 4.90 Å². The highest BCUT2D eigenvalue weighted by Gasteiger charge is 2.27. The van der Waals surface area contributed by atoms with Crippen LogP contribution in [0.1, 0.15) is 36.0 Å². The van der Waals surface area contributed by atoms with Crippen LogP contribution in [0.15, 0.2) is 41.9 Å². The van der Waals surface area contributed by atoms with Crippen LogP contribution in [0.3, 0.4) is 0 Å². The van der Waals surface area contributed by atoms with Crippen molar-refractivity contribution >= 4 is 5.69 Å². The van der Waals surface area contributed by atoms with Crippen LogP contribution < -0.4 is 4.90 Å². The van der Waals surface area contributed by atoms with Crippen LogP contribution in [0.25, 0.3) is 0 Å². The molecule has 2 aromatic rings. The zero-order valence-electron chi connectivity index (χ0n) is 12.8. The minimum Gasteiger partial charge on any atom is -0.338 e. The van der Waals surface area contributed by atoms with Crippen molar-refractivity contribution in [3.63, 3.8) is 0 Å². The summed E-state index contributed by atoms with van der Waals surface area (Å²) in [5.74, 6) is 0. The Morgan fingerprint density at radius 1 is 1.19 bits per heavy atom. The quantitative estimate of drug-likeness (QED) is 0.793. The summed E-state index contributed by atoms with van der Waals surface area (Å²) >= 11 is 0. The Balaban J connectivity index is 1.81. The van der Waals surface area contributed by atoms with Gasteiger partial charge in [0.1, 0.15) is 0 Å². The molecule has 3 nitrogen and oxygen atoms in total. The molecular formula is C18H21N3. The van der Waals surface area contributed by atoms with Crippen LogP contribution >= 0.6 is 0 Å². The predicted molar refractivity (Wildman–Crippen MR) is 85.2 cm³/mol. The van der Waals surface area contributed by atoms with Crippen LogP contribution in [-0.2, 0) is 20.0 Å². The minimum atomic E-state index is 0.974. The van der Waals surface area contributed by atoms with Crippen molar-refractivity contribution in [1.29, 1.82) is 0 Å². The van der Waals surface area contributed by atoms with E-state index in [4.69, 9.17) is 0 Å². The fourth-order valence-electron chi connectivity index (χ4n) is 3.45. The first-order chi connectivity index (χ1) is 10.2. The Kier molecular flexibility index (Phi) is 2.88. The average Bonchev–Trinajstić information content (AvgIpc) is 2.84. The summed E-state index contributed by atoms with van der Waals surface area (Å²) in [6.45, 7) is 3.21. The van der Waals surface area contributed by atoms with E-state index in [1.807, 2.05) is 17.9 Å². The summed E-state index contributed by atoms with van der Waals surface area (Å²) in [6.07, 6.45) is 9.08. The van der Waals surface area contributed by atoms with E-state index in [1.54, 1.807) is 5.57 Å². The van der Waals surface area contributed by atoms with E-state index >= 15 is 0 Å². The second-order valence-corrected chi connectivity index (χ2v) is 6.25. The van der Waals surface area contributed by atoms with Crippen molar-refractivity contribution in [1.82, 2.24) is 9.78 Å². The molecule has 4 rings (SSSR count). The maximum atomic E-state index is 4.36. The van der Waals surface area contributed by atoms with Gasteiger partial charge in [0.2, 0.25) is 0 Å². The van der Waals surface area contributed by atoms with Gasteiger partial charge in [0.05, 0.1) is 11.9 Å². The number of hydrogen-bond acceptors (Lipinski definition) is 2.